The molecule has 174 valence electrons. The Morgan fingerprint density at radius 2 is 1.82 bits per heavy atom. The largest absolute Gasteiger partial charge is 0.404 e. The highest BCUT2D eigenvalue weighted by molar-refractivity contribution is 6.03. The molecule has 0 saturated carbocycles. The van der Waals surface area contributed by atoms with E-state index in [2.05, 4.69) is 10.3 Å². The third kappa shape index (κ3) is 4.70. The molecular formula is C27H28N4O3. The van der Waals surface area contributed by atoms with Crippen LogP contribution in [0, 0.1) is 0 Å². The molecule has 34 heavy (non-hydrogen) atoms. The molecular weight excluding hydrogens is 428 g/mol. The van der Waals surface area contributed by atoms with Gasteiger partial charge in [0.25, 0.3) is 5.91 Å². The summed E-state index contributed by atoms with van der Waals surface area (Å²) in [6.07, 6.45) is 3.19. The number of benzene rings is 2. The Hall–Kier alpha value is -3.97. The zero-order valence-corrected chi connectivity index (χ0v) is 19.1. The second kappa shape index (κ2) is 10.8. The number of nitrogens with one attached hydrogen (secondary N) is 1. The van der Waals surface area contributed by atoms with Gasteiger partial charge in [-0.2, -0.15) is 0 Å². The van der Waals surface area contributed by atoms with Crippen molar-refractivity contribution in [3.05, 3.63) is 108 Å². The fourth-order valence-electron chi connectivity index (χ4n) is 4.44. The van der Waals surface area contributed by atoms with Gasteiger partial charge in [-0.1, -0.05) is 54.6 Å². The molecule has 2 unspecified atom stereocenters. The molecule has 0 saturated heterocycles. The van der Waals surface area contributed by atoms with Crippen LogP contribution in [0.4, 0.5) is 0 Å². The van der Waals surface area contributed by atoms with Gasteiger partial charge in [0.2, 0.25) is 5.91 Å². The van der Waals surface area contributed by atoms with Gasteiger partial charge in [0.1, 0.15) is 0 Å². The molecule has 1 aliphatic rings. The normalized spacial score (nSPS) is 17.9. The number of methoxy groups -OCH3 is 1. The Kier molecular flexibility index (Phi) is 7.34. The Morgan fingerprint density at radius 3 is 2.53 bits per heavy atom. The molecule has 7 heteroatoms. The van der Waals surface area contributed by atoms with E-state index in [4.69, 9.17) is 10.5 Å². The van der Waals surface area contributed by atoms with Crippen molar-refractivity contribution in [2.24, 2.45) is 5.73 Å². The molecule has 3 N–H and O–H groups in total. The molecule has 0 fully saturated rings. The highest BCUT2D eigenvalue weighted by Crippen LogP contribution is 2.40. The van der Waals surface area contributed by atoms with Gasteiger partial charge in [-0.15, -0.1) is 0 Å². The number of amides is 2. The van der Waals surface area contributed by atoms with E-state index in [-0.39, 0.29) is 18.4 Å². The standard InChI is InChI=1S/C27H28N4O3/c1-34-16-15-31-25(23(17-28)19-9-3-2-4-10-19)24(21-12-5-6-13-22(21)27(31)33)26(32)30-18-20-11-7-8-14-29-20/h2-14,17,24-25H,15-16,18,28H2,1H3,(H,30,32)/b23-17+. The van der Waals surface area contributed by atoms with Crippen molar-refractivity contribution in [3.8, 4) is 0 Å². The number of nitrogens with two attached hydrogens (primary N) is 1. The number of hydrogen-bond donors (Lipinski definition) is 2. The first-order valence-corrected chi connectivity index (χ1v) is 11.2. The predicted molar refractivity (Wildman–Crippen MR) is 131 cm³/mol. The summed E-state index contributed by atoms with van der Waals surface area (Å²) in [5.74, 6) is -1.01. The van der Waals surface area contributed by atoms with E-state index >= 15 is 0 Å². The molecule has 0 aliphatic carbocycles. The quantitative estimate of drug-likeness (QED) is 0.543. The Labute approximate surface area is 199 Å². The van der Waals surface area contributed by atoms with Crippen LogP contribution < -0.4 is 11.1 Å². The van der Waals surface area contributed by atoms with Crippen molar-refractivity contribution in [3.63, 3.8) is 0 Å². The Balaban J connectivity index is 1.79. The van der Waals surface area contributed by atoms with Crippen LogP contribution in [0.25, 0.3) is 5.57 Å². The maximum absolute atomic E-state index is 13.7. The lowest BCUT2D eigenvalue weighted by Crippen LogP contribution is -2.53. The number of pyridine rings is 1. The molecule has 2 heterocycles. The minimum absolute atomic E-state index is 0.151. The van der Waals surface area contributed by atoms with Gasteiger partial charge in [-0.05, 0) is 41.1 Å². The Bertz CT molecular complexity index is 1160. The van der Waals surface area contributed by atoms with Gasteiger partial charge in [-0.25, -0.2) is 0 Å². The highest BCUT2D eigenvalue weighted by Gasteiger charge is 2.45. The molecule has 0 bridgehead atoms. The van der Waals surface area contributed by atoms with E-state index in [1.54, 1.807) is 24.3 Å². The maximum Gasteiger partial charge on any atom is 0.254 e. The summed E-state index contributed by atoms with van der Waals surface area (Å²) >= 11 is 0. The van der Waals surface area contributed by atoms with E-state index < -0.39 is 12.0 Å². The third-order valence-electron chi connectivity index (χ3n) is 6.03. The summed E-state index contributed by atoms with van der Waals surface area (Å²) in [4.78, 5) is 33.3. The SMILES string of the molecule is COCCN1C(=O)c2ccccc2C(C(=O)NCc2ccccn2)C1/C(=C/N)c1ccccc1. The third-order valence-corrected chi connectivity index (χ3v) is 6.03. The smallest absolute Gasteiger partial charge is 0.254 e. The number of carbonyl (C=O) groups excluding carboxylic acids is 2. The average Bonchev–Trinajstić information content (AvgIpc) is 2.89. The van der Waals surface area contributed by atoms with Crippen molar-refractivity contribution >= 4 is 17.4 Å². The zero-order chi connectivity index (χ0) is 23.9. The molecule has 0 spiro atoms. The van der Waals surface area contributed by atoms with Crippen LogP contribution in [0.1, 0.15) is 33.1 Å². The summed E-state index contributed by atoms with van der Waals surface area (Å²) in [5, 5.41) is 3.02. The number of nitrogens with zero attached hydrogens (tertiary/aromatic N) is 2. The van der Waals surface area contributed by atoms with Crippen LogP contribution >= 0.6 is 0 Å². The first-order valence-electron chi connectivity index (χ1n) is 11.2. The molecule has 7 nitrogen and oxygen atoms in total. The molecule has 2 amide bonds. The van der Waals surface area contributed by atoms with E-state index in [9.17, 15) is 9.59 Å². The summed E-state index contributed by atoms with van der Waals surface area (Å²) in [6, 6.07) is 21.8. The number of fused-ring (bicyclic) bond motifs is 1. The van der Waals surface area contributed by atoms with Crippen LogP contribution in [-0.4, -0.2) is 48.0 Å². The fraction of sp³-hybridized carbons (Fsp3) is 0.222. The van der Waals surface area contributed by atoms with Crippen molar-refractivity contribution in [1.82, 2.24) is 15.2 Å². The minimum Gasteiger partial charge on any atom is -0.404 e. The second-order valence-corrected chi connectivity index (χ2v) is 8.03. The highest BCUT2D eigenvalue weighted by atomic mass is 16.5. The molecule has 1 aromatic heterocycles. The topological polar surface area (TPSA) is 97.5 Å². The fourth-order valence-corrected chi connectivity index (χ4v) is 4.44. The number of hydrogen-bond acceptors (Lipinski definition) is 5. The van der Waals surface area contributed by atoms with Crippen LogP contribution in [0.2, 0.25) is 0 Å². The second-order valence-electron chi connectivity index (χ2n) is 8.03. The summed E-state index contributed by atoms with van der Waals surface area (Å²) in [7, 11) is 1.59. The summed E-state index contributed by atoms with van der Waals surface area (Å²) < 4.78 is 5.30. The molecule has 0 radical (unpaired) electrons. The van der Waals surface area contributed by atoms with Crippen molar-refractivity contribution in [2.75, 3.05) is 20.3 Å². The van der Waals surface area contributed by atoms with Crippen molar-refractivity contribution in [1.29, 1.82) is 0 Å². The first kappa shape index (κ1) is 23.2. The number of ether oxygens (including phenoxy) is 1. The van der Waals surface area contributed by atoms with Gasteiger partial charge in [0.05, 0.1) is 30.8 Å². The monoisotopic (exact) mass is 456 g/mol. The van der Waals surface area contributed by atoms with E-state index in [0.29, 0.717) is 29.9 Å². The van der Waals surface area contributed by atoms with Crippen molar-refractivity contribution < 1.29 is 14.3 Å². The van der Waals surface area contributed by atoms with Gasteiger partial charge in [0, 0.05) is 25.4 Å². The molecule has 3 aromatic rings. The minimum atomic E-state index is -0.663. The summed E-state index contributed by atoms with van der Waals surface area (Å²) in [6.45, 7) is 0.936. The molecule has 4 rings (SSSR count). The van der Waals surface area contributed by atoms with Gasteiger partial charge < -0.3 is 20.7 Å². The van der Waals surface area contributed by atoms with Crippen LogP contribution in [-0.2, 0) is 16.1 Å². The van der Waals surface area contributed by atoms with E-state index in [0.717, 1.165) is 11.3 Å². The van der Waals surface area contributed by atoms with Crippen LogP contribution in [0.5, 0.6) is 0 Å². The number of carbonyl (C=O) groups is 2. The van der Waals surface area contributed by atoms with Crippen LogP contribution in [0.3, 0.4) is 0 Å². The Morgan fingerprint density at radius 1 is 1.09 bits per heavy atom. The predicted octanol–water partition coefficient (Wildman–Crippen LogP) is 2.95. The number of aromatic nitrogens is 1. The van der Waals surface area contributed by atoms with E-state index in [1.165, 1.54) is 6.20 Å². The lowest BCUT2D eigenvalue weighted by Gasteiger charge is -2.42. The van der Waals surface area contributed by atoms with Crippen molar-refractivity contribution in [2.45, 2.75) is 18.5 Å². The maximum atomic E-state index is 13.7. The average molecular weight is 457 g/mol. The lowest BCUT2D eigenvalue weighted by molar-refractivity contribution is -0.123. The molecule has 2 atom stereocenters. The number of rotatable bonds is 8. The summed E-state index contributed by atoms with van der Waals surface area (Å²) in [5.41, 5.74) is 9.65. The lowest BCUT2D eigenvalue weighted by atomic mass is 9.77. The van der Waals surface area contributed by atoms with Crippen LogP contribution in [0.15, 0.2) is 85.2 Å². The van der Waals surface area contributed by atoms with Gasteiger partial charge in [0.15, 0.2) is 0 Å². The van der Waals surface area contributed by atoms with Gasteiger partial charge >= 0.3 is 0 Å². The van der Waals surface area contributed by atoms with E-state index in [1.807, 2.05) is 66.7 Å². The van der Waals surface area contributed by atoms with Gasteiger partial charge in [-0.3, -0.25) is 14.6 Å². The molecule has 1 aliphatic heterocycles. The molecule has 2 aromatic carbocycles. The first-order chi connectivity index (χ1) is 16.7. The zero-order valence-electron chi connectivity index (χ0n) is 19.1.